The molecule has 0 aliphatic heterocycles. The average molecular weight is 333 g/mol. The maximum absolute atomic E-state index is 13.3. The Morgan fingerprint density at radius 3 is 2.65 bits per heavy atom. The van der Waals surface area contributed by atoms with Crippen molar-refractivity contribution in [2.45, 2.75) is 0 Å². The van der Waals surface area contributed by atoms with Crippen LogP contribution >= 0.6 is 15.9 Å². The summed E-state index contributed by atoms with van der Waals surface area (Å²) < 4.78 is 14.2. The predicted octanol–water partition coefficient (Wildman–Crippen LogP) is 4.35. The molecule has 0 unspecified atom stereocenters. The first kappa shape index (κ1) is 12.9. The first-order valence-corrected chi connectivity index (χ1v) is 6.73. The van der Waals surface area contributed by atoms with E-state index in [1.54, 1.807) is 6.07 Å². The van der Waals surface area contributed by atoms with Crippen molar-refractivity contribution in [2.24, 2.45) is 0 Å². The van der Waals surface area contributed by atoms with E-state index in [0.717, 1.165) is 15.7 Å². The normalized spacial score (nSPS) is 10.7. The monoisotopic (exact) mass is 332 g/mol. The highest BCUT2D eigenvalue weighted by Crippen LogP contribution is 2.32. The summed E-state index contributed by atoms with van der Waals surface area (Å²) in [5.74, 6) is -0.417. The molecule has 0 bridgehead atoms. The van der Waals surface area contributed by atoms with Gasteiger partial charge in [0.15, 0.2) is 0 Å². The number of H-pyrrole nitrogens is 1. The topological polar surface area (TPSA) is 48.9 Å². The van der Waals surface area contributed by atoms with Gasteiger partial charge in [-0.25, -0.2) is 4.39 Å². The Kier molecular flexibility index (Phi) is 3.28. The lowest BCUT2D eigenvalue weighted by Crippen LogP contribution is -1.81. The third-order valence-electron chi connectivity index (χ3n) is 2.98. The van der Waals surface area contributed by atoms with Gasteiger partial charge in [-0.3, -0.25) is 5.10 Å². The highest BCUT2D eigenvalue weighted by atomic mass is 79.9. The molecule has 0 radical (unpaired) electrons. The lowest BCUT2D eigenvalue weighted by atomic mass is 10.1. The summed E-state index contributed by atoms with van der Waals surface area (Å²) in [6.07, 6.45) is 0. The quantitative estimate of drug-likeness (QED) is 0.732. The number of benzene rings is 2. The van der Waals surface area contributed by atoms with Gasteiger partial charge in [0.25, 0.3) is 0 Å². The van der Waals surface area contributed by atoms with E-state index in [1.165, 1.54) is 18.2 Å². The lowest BCUT2D eigenvalue weighted by molar-refractivity contribution is 0.475. The fourth-order valence-corrected chi connectivity index (χ4v) is 2.49. The van der Waals surface area contributed by atoms with Gasteiger partial charge in [0.05, 0.1) is 11.4 Å². The summed E-state index contributed by atoms with van der Waals surface area (Å²) in [4.78, 5) is 0. The molecule has 0 saturated carbocycles. The molecule has 3 rings (SSSR count). The minimum atomic E-state index is -0.414. The molecule has 0 amide bonds. The molecule has 1 heterocycles. The average Bonchev–Trinajstić information content (AvgIpc) is 2.91. The van der Waals surface area contributed by atoms with Gasteiger partial charge < -0.3 is 5.11 Å². The van der Waals surface area contributed by atoms with E-state index in [0.29, 0.717) is 11.3 Å². The number of phenols is 1. The molecule has 3 aromatic rings. The van der Waals surface area contributed by atoms with E-state index < -0.39 is 5.82 Å². The molecule has 1 aromatic heterocycles. The van der Waals surface area contributed by atoms with Crippen LogP contribution in [0.15, 0.2) is 53.0 Å². The van der Waals surface area contributed by atoms with Crippen LogP contribution < -0.4 is 0 Å². The number of aromatic hydroxyl groups is 1. The van der Waals surface area contributed by atoms with Gasteiger partial charge in [-0.15, -0.1) is 0 Å². The van der Waals surface area contributed by atoms with Crippen LogP contribution in [0.4, 0.5) is 4.39 Å². The molecule has 0 fully saturated rings. The molecule has 100 valence electrons. The molecule has 3 nitrogen and oxygen atoms in total. The van der Waals surface area contributed by atoms with Crippen LogP contribution in [0.3, 0.4) is 0 Å². The van der Waals surface area contributed by atoms with Gasteiger partial charge in [0, 0.05) is 15.6 Å². The standard InChI is InChI=1S/C15H10BrFN2O/c16-12-4-2-1-3-10(12)13-8-14(19-18-13)11-7-9(17)5-6-15(11)20/h1-8,20H,(H,18,19). The second-order valence-corrected chi connectivity index (χ2v) is 5.16. The maximum atomic E-state index is 13.3. The molecule has 0 aliphatic rings. The summed E-state index contributed by atoms with van der Waals surface area (Å²) >= 11 is 3.47. The molecule has 5 heteroatoms. The van der Waals surface area contributed by atoms with Crippen molar-refractivity contribution in [2.75, 3.05) is 0 Å². The molecule has 0 saturated heterocycles. The summed E-state index contributed by atoms with van der Waals surface area (Å²) in [5.41, 5.74) is 2.59. The van der Waals surface area contributed by atoms with Gasteiger partial charge in [0.1, 0.15) is 11.6 Å². The Hall–Kier alpha value is -2.14. The Labute approximate surface area is 123 Å². The molecule has 2 N–H and O–H groups in total. The van der Waals surface area contributed by atoms with E-state index in [2.05, 4.69) is 26.1 Å². The Bertz CT molecular complexity index is 770. The van der Waals surface area contributed by atoms with E-state index in [4.69, 9.17) is 0 Å². The smallest absolute Gasteiger partial charge is 0.125 e. The molecule has 0 atom stereocenters. The van der Waals surface area contributed by atoms with Crippen molar-refractivity contribution >= 4 is 15.9 Å². The third kappa shape index (κ3) is 2.32. The SMILES string of the molecule is Oc1ccc(F)cc1-c1cc(-c2ccccc2Br)[nH]n1. The number of halogens is 2. The minimum Gasteiger partial charge on any atom is -0.507 e. The van der Waals surface area contributed by atoms with Crippen LogP contribution in [-0.2, 0) is 0 Å². The Morgan fingerprint density at radius 2 is 1.85 bits per heavy atom. The summed E-state index contributed by atoms with van der Waals surface area (Å²) in [7, 11) is 0. The van der Waals surface area contributed by atoms with Crippen molar-refractivity contribution < 1.29 is 9.50 Å². The maximum Gasteiger partial charge on any atom is 0.125 e. The van der Waals surface area contributed by atoms with Gasteiger partial charge in [-0.2, -0.15) is 5.10 Å². The number of hydrogen-bond acceptors (Lipinski definition) is 2. The number of rotatable bonds is 2. The van der Waals surface area contributed by atoms with Crippen molar-refractivity contribution in [3.05, 3.63) is 58.8 Å². The molecular formula is C15H10BrFN2O. The van der Waals surface area contributed by atoms with E-state index >= 15 is 0 Å². The van der Waals surface area contributed by atoms with Gasteiger partial charge in [-0.1, -0.05) is 34.1 Å². The Morgan fingerprint density at radius 1 is 1.05 bits per heavy atom. The van der Waals surface area contributed by atoms with Crippen molar-refractivity contribution in [1.29, 1.82) is 0 Å². The van der Waals surface area contributed by atoms with Crippen molar-refractivity contribution in [3.8, 4) is 28.3 Å². The van der Waals surface area contributed by atoms with E-state index in [-0.39, 0.29) is 5.75 Å². The summed E-state index contributed by atoms with van der Waals surface area (Å²) in [6.45, 7) is 0. The molecule has 2 aromatic carbocycles. The number of nitrogens with zero attached hydrogens (tertiary/aromatic N) is 1. The Balaban J connectivity index is 2.07. The third-order valence-corrected chi connectivity index (χ3v) is 3.67. The highest BCUT2D eigenvalue weighted by Gasteiger charge is 2.12. The van der Waals surface area contributed by atoms with Crippen LogP contribution in [-0.4, -0.2) is 15.3 Å². The number of aromatic nitrogens is 2. The summed E-state index contributed by atoms with van der Waals surface area (Å²) in [5, 5.41) is 16.8. The lowest BCUT2D eigenvalue weighted by Gasteiger charge is -2.01. The van der Waals surface area contributed by atoms with E-state index in [1.807, 2.05) is 24.3 Å². The zero-order valence-electron chi connectivity index (χ0n) is 10.3. The first-order valence-electron chi connectivity index (χ1n) is 5.94. The second-order valence-electron chi connectivity index (χ2n) is 4.31. The number of hydrogen-bond donors (Lipinski definition) is 2. The minimum absolute atomic E-state index is 0.00317. The van der Waals surface area contributed by atoms with Crippen molar-refractivity contribution in [3.63, 3.8) is 0 Å². The number of nitrogens with one attached hydrogen (secondary N) is 1. The van der Waals surface area contributed by atoms with Crippen LogP contribution in [0.2, 0.25) is 0 Å². The fourth-order valence-electron chi connectivity index (χ4n) is 1.99. The zero-order chi connectivity index (χ0) is 14.1. The fraction of sp³-hybridized carbons (Fsp3) is 0. The number of aromatic amines is 1. The first-order chi connectivity index (χ1) is 9.65. The molecule has 0 spiro atoms. The predicted molar refractivity (Wildman–Crippen MR) is 78.8 cm³/mol. The van der Waals surface area contributed by atoms with Gasteiger partial charge in [0.2, 0.25) is 0 Å². The molecule has 0 aliphatic carbocycles. The van der Waals surface area contributed by atoms with E-state index in [9.17, 15) is 9.50 Å². The van der Waals surface area contributed by atoms with Crippen LogP contribution in [0.25, 0.3) is 22.5 Å². The van der Waals surface area contributed by atoms with Crippen LogP contribution in [0.1, 0.15) is 0 Å². The zero-order valence-corrected chi connectivity index (χ0v) is 11.9. The van der Waals surface area contributed by atoms with Crippen LogP contribution in [0, 0.1) is 5.82 Å². The summed E-state index contributed by atoms with van der Waals surface area (Å²) in [6, 6.07) is 13.3. The van der Waals surface area contributed by atoms with Gasteiger partial charge in [-0.05, 0) is 30.3 Å². The van der Waals surface area contributed by atoms with Crippen LogP contribution in [0.5, 0.6) is 5.75 Å². The number of phenolic OH excluding ortho intramolecular Hbond substituents is 1. The van der Waals surface area contributed by atoms with Gasteiger partial charge >= 0.3 is 0 Å². The second kappa shape index (κ2) is 5.09. The highest BCUT2D eigenvalue weighted by molar-refractivity contribution is 9.10. The molecule has 20 heavy (non-hydrogen) atoms. The largest absolute Gasteiger partial charge is 0.507 e. The van der Waals surface area contributed by atoms with Crippen molar-refractivity contribution in [1.82, 2.24) is 10.2 Å². The molecular weight excluding hydrogens is 323 g/mol.